The number of benzene rings is 2. The van der Waals surface area contributed by atoms with Gasteiger partial charge in [-0.15, -0.1) is 0 Å². The van der Waals surface area contributed by atoms with Gasteiger partial charge in [-0.3, -0.25) is 9.52 Å². The number of nitrogens with zero attached hydrogens (tertiary/aromatic N) is 2. The van der Waals surface area contributed by atoms with Gasteiger partial charge in [0.15, 0.2) is 0 Å². The van der Waals surface area contributed by atoms with Crippen LogP contribution in [0.5, 0.6) is 0 Å². The molecule has 0 unspecified atom stereocenters. The van der Waals surface area contributed by atoms with Gasteiger partial charge in [-0.1, -0.05) is 23.7 Å². The van der Waals surface area contributed by atoms with E-state index in [1.807, 2.05) is 35.0 Å². The summed E-state index contributed by atoms with van der Waals surface area (Å²) in [6.07, 6.45) is 6.30. The molecule has 2 N–H and O–H groups in total. The zero-order chi connectivity index (χ0) is 19.4. The lowest BCUT2D eigenvalue weighted by Gasteiger charge is -2.10. The van der Waals surface area contributed by atoms with Crippen molar-refractivity contribution in [3.8, 4) is 5.69 Å². The second-order valence-electron chi connectivity index (χ2n) is 5.89. The first-order chi connectivity index (χ1) is 12.8. The summed E-state index contributed by atoms with van der Waals surface area (Å²) in [6, 6.07) is 12.1. The van der Waals surface area contributed by atoms with E-state index in [9.17, 15) is 13.2 Å². The zero-order valence-corrected chi connectivity index (χ0v) is 16.0. The number of hydrogen-bond donors (Lipinski definition) is 2. The molecule has 0 aliphatic carbocycles. The van der Waals surface area contributed by atoms with E-state index in [1.165, 1.54) is 18.2 Å². The first-order valence-electron chi connectivity index (χ1n) is 7.95. The molecule has 0 radical (unpaired) electrons. The minimum absolute atomic E-state index is 0.164. The summed E-state index contributed by atoms with van der Waals surface area (Å²) in [5, 5.41) is 2.96. The fraction of sp³-hybridized carbons (Fsp3) is 0.111. The van der Waals surface area contributed by atoms with Gasteiger partial charge in [-0.25, -0.2) is 13.4 Å². The Morgan fingerprint density at radius 2 is 1.93 bits per heavy atom. The summed E-state index contributed by atoms with van der Waals surface area (Å²) in [5.41, 5.74) is 2.47. The molecule has 0 saturated carbocycles. The third-order valence-corrected chi connectivity index (χ3v) is 4.63. The first-order valence-corrected chi connectivity index (χ1v) is 10.2. The molecule has 0 bridgehead atoms. The van der Waals surface area contributed by atoms with Gasteiger partial charge in [0.25, 0.3) is 5.91 Å². The summed E-state index contributed by atoms with van der Waals surface area (Å²) < 4.78 is 26.7. The van der Waals surface area contributed by atoms with Gasteiger partial charge < -0.3 is 9.88 Å². The molecule has 0 saturated heterocycles. The summed E-state index contributed by atoms with van der Waals surface area (Å²) >= 11 is 6.11. The molecule has 2 aromatic carbocycles. The molecule has 0 aliphatic rings. The van der Waals surface area contributed by atoms with E-state index in [4.69, 9.17) is 11.6 Å². The zero-order valence-electron chi connectivity index (χ0n) is 14.4. The Morgan fingerprint density at radius 3 is 2.52 bits per heavy atom. The van der Waals surface area contributed by atoms with Gasteiger partial charge in [0.05, 0.1) is 23.2 Å². The Bertz CT molecular complexity index is 1050. The Morgan fingerprint density at radius 1 is 1.19 bits per heavy atom. The smallest absolute Gasteiger partial charge is 0.253 e. The predicted molar refractivity (Wildman–Crippen MR) is 105 cm³/mol. The van der Waals surface area contributed by atoms with Crippen molar-refractivity contribution >= 4 is 33.2 Å². The summed E-state index contributed by atoms with van der Waals surface area (Å²) in [6.45, 7) is 0.336. The molecule has 1 amide bonds. The van der Waals surface area contributed by atoms with Crippen LogP contribution >= 0.6 is 11.6 Å². The van der Waals surface area contributed by atoms with Crippen LogP contribution in [-0.4, -0.2) is 30.1 Å². The van der Waals surface area contributed by atoms with E-state index < -0.39 is 10.0 Å². The number of rotatable bonds is 6. The second-order valence-corrected chi connectivity index (χ2v) is 8.04. The van der Waals surface area contributed by atoms with Crippen LogP contribution in [0.25, 0.3) is 5.69 Å². The second kappa shape index (κ2) is 7.81. The maximum atomic E-state index is 12.3. The first kappa shape index (κ1) is 18.9. The van der Waals surface area contributed by atoms with Gasteiger partial charge in [0.1, 0.15) is 0 Å². The molecule has 0 spiro atoms. The Labute approximate surface area is 162 Å². The van der Waals surface area contributed by atoms with Crippen molar-refractivity contribution < 1.29 is 13.2 Å². The van der Waals surface area contributed by atoms with Crippen molar-refractivity contribution in [2.75, 3.05) is 11.0 Å². The average molecular weight is 405 g/mol. The van der Waals surface area contributed by atoms with Crippen LogP contribution in [0.3, 0.4) is 0 Å². The number of hydrogen-bond acceptors (Lipinski definition) is 4. The molecule has 0 fully saturated rings. The van der Waals surface area contributed by atoms with E-state index in [2.05, 4.69) is 15.0 Å². The van der Waals surface area contributed by atoms with Crippen LogP contribution in [0.4, 0.5) is 5.69 Å². The molecular weight excluding hydrogens is 388 g/mol. The molecule has 7 nitrogen and oxygen atoms in total. The molecule has 1 aromatic heterocycles. The lowest BCUT2D eigenvalue weighted by molar-refractivity contribution is 0.0951. The number of sulfonamides is 1. The summed E-state index contributed by atoms with van der Waals surface area (Å²) in [5.74, 6) is -0.343. The van der Waals surface area contributed by atoms with Crippen molar-refractivity contribution in [2.24, 2.45) is 0 Å². The number of carbonyl (C=O) groups is 1. The van der Waals surface area contributed by atoms with Crippen molar-refractivity contribution in [3.05, 3.63) is 77.3 Å². The summed E-state index contributed by atoms with van der Waals surface area (Å²) in [4.78, 5) is 16.3. The lowest BCUT2D eigenvalue weighted by Crippen LogP contribution is -2.23. The van der Waals surface area contributed by atoms with E-state index in [0.29, 0.717) is 12.2 Å². The van der Waals surface area contributed by atoms with Crippen molar-refractivity contribution in [1.82, 2.24) is 14.9 Å². The highest BCUT2D eigenvalue weighted by Gasteiger charge is 2.12. The van der Waals surface area contributed by atoms with Gasteiger partial charge in [0.2, 0.25) is 10.0 Å². The van der Waals surface area contributed by atoms with Crippen LogP contribution in [0, 0.1) is 0 Å². The van der Waals surface area contributed by atoms with Crippen LogP contribution in [0.2, 0.25) is 5.02 Å². The molecule has 27 heavy (non-hydrogen) atoms. The van der Waals surface area contributed by atoms with Crippen molar-refractivity contribution in [3.63, 3.8) is 0 Å². The topological polar surface area (TPSA) is 93.1 Å². The van der Waals surface area contributed by atoms with Gasteiger partial charge in [-0.05, 0) is 35.9 Å². The number of imidazole rings is 1. The van der Waals surface area contributed by atoms with Gasteiger partial charge in [-0.2, -0.15) is 0 Å². The maximum absolute atomic E-state index is 12.3. The van der Waals surface area contributed by atoms with E-state index in [0.717, 1.165) is 17.5 Å². The molecule has 3 aromatic rings. The normalized spacial score (nSPS) is 11.2. The number of anilines is 1. The molecule has 140 valence electrons. The minimum Gasteiger partial charge on any atom is -0.348 e. The van der Waals surface area contributed by atoms with E-state index in [1.54, 1.807) is 12.5 Å². The third-order valence-electron chi connectivity index (χ3n) is 3.71. The minimum atomic E-state index is -3.41. The lowest BCUT2D eigenvalue weighted by atomic mass is 10.1. The highest BCUT2D eigenvalue weighted by Crippen LogP contribution is 2.21. The predicted octanol–water partition coefficient (Wildman–Crippen LogP) is 2.83. The SMILES string of the molecule is CS(=O)(=O)Nc1ccc(C(=O)NCc2ccc(-n3ccnc3)cc2)c(Cl)c1. The van der Waals surface area contributed by atoms with Crippen molar-refractivity contribution in [1.29, 1.82) is 0 Å². The molecular formula is C18H17ClN4O3S. The van der Waals surface area contributed by atoms with Crippen LogP contribution in [0.1, 0.15) is 15.9 Å². The highest BCUT2D eigenvalue weighted by atomic mass is 35.5. The molecule has 1 heterocycles. The Balaban J connectivity index is 1.64. The number of aromatic nitrogens is 2. The average Bonchev–Trinajstić information content (AvgIpc) is 3.13. The Hall–Kier alpha value is -2.84. The fourth-order valence-corrected chi connectivity index (χ4v) is 3.27. The number of halogens is 1. The van der Waals surface area contributed by atoms with Crippen LogP contribution in [-0.2, 0) is 16.6 Å². The monoisotopic (exact) mass is 404 g/mol. The number of carbonyl (C=O) groups excluding carboxylic acids is 1. The van der Waals surface area contributed by atoms with Crippen LogP contribution < -0.4 is 10.0 Å². The number of nitrogens with one attached hydrogen (secondary N) is 2. The molecule has 0 aliphatic heterocycles. The molecule has 3 rings (SSSR count). The Kier molecular flexibility index (Phi) is 5.48. The quantitative estimate of drug-likeness (QED) is 0.660. The van der Waals surface area contributed by atoms with Gasteiger partial charge in [0, 0.05) is 30.3 Å². The standard InChI is InChI=1S/C18H17ClN4O3S/c1-27(25,26)22-14-4-7-16(17(19)10-14)18(24)21-11-13-2-5-15(6-3-13)23-9-8-20-12-23/h2-10,12,22H,11H2,1H3,(H,21,24). The highest BCUT2D eigenvalue weighted by molar-refractivity contribution is 7.92. The largest absolute Gasteiger partial charge is 0.348 e. The third kappa shape index (κ3) is 5.08. The van der Waals surface area contributed by atoms with E-state index >= 15 is 0 Å². The fourth-order valence-electron chi connectivity index (χ4n) is 2.45. The maximum Gasteiger partial charge on any atom is 0.253 e. The van der Waals surface area contributed by atoms with Crippen LogP contribution in [0.15, 0.2) is 61.2 Å². The molecule has 0 atom stereocenters. The number of amides is 1. The summed E-state index contributed by atoms with van der Waals surface area (Å²) in [7, 11) is -3.41. The van der Waals surface area contributed by atoms with E-state index in [-0.39, 0.29) is 16.5 Å². The van der Waals surface area contributed by atoms with Crippen molar-refractivity contribution in [2.45, 2.75) is 6.54 Å². The molecule has 9 heteroatoms. The van der Waals surface area contributed by atoms with Gasteiger partial charge >= 0.3 is 0 Å².